The summed E-state index contributed by atoms with van der Waals surface area (Å²) in [5.41, 5.74) is 1.89. The van der Waals surface area contributed by atoms with Gasteiger partial charge in [0, 0.05) is 33.9 Å². The highest BCUT2D eigenvalue weighted by molar-refractivity contribution is 9.10. The van der Waals surface area contributed by atoms with Gasteiger partial charge in [-0.25, -0.2) is 0 Å². The van der Waals surface area contributed by atoms with Gasteiger partial charge in [-0.3, -0.25) is 9.59 Å². The summed E-state index contributed by atoms with van der Waals surface area (Å²) < 4.78 is 0.872. The fourth-order valence-corrected chi connectivity index (χ4v) is 4.07. The SMILES string of the molecule is N#CC(C#N)CC(C(=O)c1ccccc1)C(CC(=O)c1ccc(Br)cc1)c1ccccc1. The zero-order valence-corrected chi connectivity index (χ0v) is 18.9. The van der Waals surface area contributed by atoms with Gasteiger partial charge in [0.1, 0.15) is 5.92 Å². The number of hydrogen-bond donors (Lipinski definition) is 0. The molecule has 0 bridgehead atoms. The Morgan fingerprint density at radius 3 is 1.91 bits per heavy atom. The van der Waals surface area contributed by atoms with Gasteiger partial charge in [0.15, 0.2) is 11.6 Å². The summed E-state index contributed by atoms with van der Waals surface area (Å²) >= 11 is 3.38. The topological polar surface area (TPSA) is 81.7 Å². The van der Waals surface area contributed by atoms with Gasteiger partial charge in [-0.05, 0) is 24.1 Å². The van der Waals surface area contributed by atoms with Gasteiger partial charge in [-0.1, -0.05) is 88.7 Å². The van der Waals surface area contributed by atoms with Crippen molar-refractivity contribution < 1.29 is 9.59 Å². The van der Waals surface area contributed by atoms with E-state index in [0.29, 0.717) is 11.1 Å². The molecule has 32 heavy (non-hydrogen) atoms. The van der Waals surface area contributed by atoms with Gasteiger partial charge in [0.25, 0.3) is 0 Å². The molecule has 0 saturated heterocycles. The summed E-state index contributed by atoms with van der Waals surface area (Å²) in [5.74, 6) is -2.37. The highest BCUT2D eigenvalue weighted by Gasteiger charge is 2.34. The molecule has 5 heteroatoms. The van der Waals surface area contributed by atoms with Gasteiger partial charge in [0.05, 0.1) is 12.1 Å². The van der Waals surface area contributed by atoms with E-state index < -0.39 is 17.8 Å². The molecule has 0 aromatic heterocycles. The molecule has 4 nitrogen and oxygen atoms in total. The highest BCUT2D eigenvalue weighted by atomic mass is 79.9. The Morgan fingerprint density at radius 1 is 0.781 bits per heavy atom. The highest BCUT2D eigenvalue weighted by Crippen LogP contribution is 2.36. The van der Waals surface area contributed by atoms with E-state index in [9.17, 15) is 20.1 Å². The van der Waals surface area contributed by atoms with Crippen LogP contribution in [0.5, 0.6) is 0 Å². The van der Waals surface area contributed by atoms with E-state index in [1.807, 2.05) is 48.5 Å². The van der Waals surface area contributed by atoms with Gasteiger partial charge in [-0.2, -0.15) is 10.5 Å². The van der Waals surface area contributed by atoms with Crippen molar-refractivity contribution in [3.8, 4) is 12.1 Å². The number of halogens is 1. The van der Waals surface area contributed by atoms with Crippen molar-refractivity contribution in [3.63, 3.8) is 0 Å². The van der Waals surface area contributed by atoms with E-state index in [1.165, 1.54) is 0 Å². The number of nitriles is 2. The monoisotopic (exact) mass is 484 g/mol. The molecule has 0 radical (unpaired) electrons. The van der Waals surface area contributed by atoms with Crippen LogP contribution in [-0.4, -0.2) is 11.6 Å². The van der Waals surface area contributed by atoms with Crippen molar-refractivity contribution in [2.24, 2.45) is 11.8 Å². The Morgan fingerprint density at radius 2 is 1.34 bits per heavy atom. The third-order valence-corrected chi connectivity index (χ3v) is 6.01. The molecule has 0 aliphatic carbocycles. The third kappa shape index (κ3) is 5.78. The minimum Gasteiger partial charge on any atom is -0.294 e. The Kier molecular flexibility index (Phi) is 8.08. The number of nitrogens with zero attached hydrogens (tertiary/aromatic N) is 2. The zero-order chi connectivity index (χ0) is 22.9. The molecule has 3 aromatic carbocycles. The molecular formula is C27H21BrN2O2. The first kappa shape index (κ1) is 23.1. The van der Waals surface area contributed by atoms with Crippen molar-refractivity contribution >= 4 is 27.5 Å². The molecule has 0 heterocycles. The zero-order valence-electron chi connectivity index (χ0n) is 17.3. The lowest BCUT2D eigenvalue weighted by atomic mass is 9.74. The summed E-state index contributed by atoms with van der Waals surface area (Å²) in [4.78, 5) is 26.7. The quantitative estimate of drug-likeness (QED) is 0.331. The van der Waals surface area contributed by atoms with Crippen LogP contribution >= 0.6 is 15.9 Å². The lowest BCUT2D eigenvalue weighted by Gasteiger charge is -2.27. The molecule has 0 spiro atoms. The summed E-state index contributed by atoms with van der Waals surface area (Å²) in [5, 5.41) is 18.8. The normalized spacial score (nSPS) is 12.4. The Bertz CT molecular complexity index is 1130. The van der Waals surface area contributed by atoms with Gasteiger partial charge < -0.3 is 0 Å². The van der Waals surface area contributed by atoms with Crippen molar-refractivity contribution in [1.82, 2.24) is 0 Å². The predicted octanol–water partition coefficient (Wildman–Crippen LogP) is 6.36. The van der Waals surface area contributed by atoms with Crippen LogP contribution in [0.1, 0.15) is 45.0 Å². The summed E-state index contributed by atoms with van der Waals surface area (Å²) in [6.07, 6.45) is 0.159. The summed E-state index contributed by atoms with van der Waals surface area (Å²) in [7, 11) is 0. The second-order valence-corrected chi connectivity index (χ2v) is 8.45. The number of ketones is 2. The average molecular weight is 485 g/mol. The standard InChI is InChI=1S/C27H21BrN2O2/c28-23-13-11-21(12-14-23)26(31)16-24(20-7-3-1-4-8-20)25(15-19(17-29)18-30)27(32)22-9-5-2-6-10-22/h1-14,19,24-25H,15-16H2. The van der Waals surface area contributed by atoms with E-state index in [1.54, 1.807) is 48.5 Å². The number of hydrogen-bond acceptors (Lipinski definition) is 4. The van der Waals surface area contributed by atoms with Gasteiger partial charge in [-0.15, -0.1) is 0 Å². The molecule has 0 aliphatic rings. The Balaban J connectivity index is 2.03. The van der Waals surface area contributed by atoms with Crippen molar-refractivity contribution in [1.29, 1.82) is 10.5 Å². The molecule has 0 aliphatic heterocycles. The van der Waals surface area contributed by atoms with Gasteiger partial charge in [0.2, 0.25) is 0 Å². The number of rotatable bonds is 9. The second kappa shape index (κ2) is 11.2. The van der Waals surface area contributed by atoms with E-state index in [0.717, 1.165) is 10.0 Å². The smallest absolute Gasteiger partial charge is 0.166 e. The molecule has 3 aromatic rings. The fourth-order valence-electron chi connectivity index (χ4n) is 3.80. The molecule has 3 rings (SSSR count). The lowest BCUT2D eigenvalue weighted by Crippen LogP contribution is -2.27. The maximum atomic E-state index is 13.6. The van der Waals surface area contributed by atoms with Crippen LogP contribution in [-0.2, 0) is 0 Å². The van der Waals surface area contributed by atoms with E-state index in [2.05, 4.69) is 15.9 Å². The van der Waals surface area contributed by atoms with Crippen LogP contribution in [0.2, 0.25) is 0 Å². The first-order chi connectivity index (χ1) is 15.5. The molecule has 2 unspecified atom stereocenters. The molecule has 0 fully saturated rings. The van der Waals surface area contributed by atoms with E-state index in [4.69, 9.17) is 0 Å². The van der Waals surface area contributed by atoms with Crippen molar-refractivity contribution in [2.45, 2.75) is 18.8 Å². The number of benzene rings is 3. The van der Waals surface area contributed by atoms with Crippen LogP contribution in [0.4, 0.5) is 0 Å². The average Bonchev–Trinajstić information content (AvgIpc) is 2.85. The first-order valence-corrected chi connectivity index (χ1v) is 11.0. The van der Waals surface area contributed by atoms with Crippen LogP contribution in [0.15, 0.2) is 89.4 Å². The maximum absolute atomic E-state index is 13.6. The summed E-state index contributed by atoms with van der Waals surface area (Å²) in [6, 6.07) is 29.3. The number of Topliss-reactive ketones (excluding diaryl/α,β-unsaturated/α-hetero) is 2. The van der Waals surface area contributed by atoms with Crippen molar-refractivity contribution in [3.05, 3.63) is 106 Å². The largest absolute Gasteiger partial charge is 0.294 e. The molecular weight excluding hydrogens is 464 g/mol. The minimum absolute atomic E-state index is 0.0634. The maximum Gasteiger partial charge on any atom is 0.166 e. The summed E-state index contributed by atoms with van der Waals surface area (Å²) in [6.45, 7) is 0. The number of carbonyl (C=O) groups is 2. The Hall–Kier alpha value is -3.54. The van der Waals surface area contributed by atoms with E-state index in [-0.39, 0.29) is 24.4 Å². The van der Waals surface area contributed by atoms with Crippen LogP contribution in [0, 0.1) is 34.5 Å². The molecule has 0 N–H and O–H groups in total. The second-order valence-electron chi connectivity index (χ2n) is 7.53. The van der Waals surface area contributed by atoms with E-state index >= 15 is 0 Å². The molecule has 2 atom stereocenters. The lowest BCUT2D eigenvalue weighted by molar-refractivity contribution is 0.0864. The molecule has 0 saturated carbocycles. The number of carbonyl (C=O) groups excluding carboxylic acids is 2. The molecule has 0 amide bonds. The third-order valence-electron chi connectivity index (χ3n) is 5.48. The van der Waals surface area contributed by atoms with Crippen LogP contribution in [0.3, 0.4) is 0 Å². The van der Waals surface area contributed by atoms with Crippen LogP contribution in [0.25, 0.3) is 0 Å². The first-order valence-electron chi connectivity index (χ1n) is 10.3. The molecule has 158 valence electrons. The fraction of sp³-hybridized carbons (Fsp3) is 0.185. The van der Waals surface area contributed by atoms with Crippen LogP contribution < -0.4 is 0 Å². The Labute approximate surface area is 196 Å². The van der Waals surface area contributed by atoms with Gasteiger partial charge >= 0.3 is 0 Å². The van der Waals surface area contributed by atoms with Crippen molar-refractivity contribution in [2.75, 3.05) is 0 Å². The minimum atomic E-state index is -0.943. The predicted molar refractivity (Wildman–Crippen MR) is 126 cm³/mol.